The van der Waals surface area contributed by atoms with Gasteiger partial charge in [-0.3, -0.25) is 0 Å². The highest BCUT2D eigenvalue weighted by molar-refractivity contribution is 5.19. The summed E-state index contributed by atoms with van der Waals surface area (Å²) in [5, 5.41) is 72.1. The molecule has 0 aromatic carbocycles. The molecule has 1 heterocycles. The lowest BCUT2D eigenvalue weighted by atomic mass is 9.55. The molecule has 0 bridgehead atoms. The molecule has 0 aromatic rings. The summed E-state index contributed by atoms with van der Waals surface area (Å²) >= 11 is 0. The van der Waals surface area contributed by atoms with Crippen molar-refractivity contribution in [1.82, 2.24) is 0 Å². The third-order valence-electron chi connectivity index (χ3n) is 9.86. The fourth-order valence-corrected chi connectivity index (χ4v) is 6.98. The Morgan fingerprint density at radius 1 is 0.973 bits per heavy atom. The van der Waals surface area contributed by atoms with Gasteiger partial charge in [0.05, 0.1) is 32.0 Å². The van der Waals surface area contributed by atoms with Gasteiger partial charge < -0.3 is 45.2 Å². The van der Waals surface area contributed by atoms with Crippen molar-refractivity contribution < 1.29 is 45.2 Å². The Morgan fingerprint density at radius 3 is 2.27 bits per heavy atom. The van der Waals surface area contributed by atoms with Gasteiger partial charge in [-0.15, -0.1) is 0 Å². The summed E-state index contributed by atoms with van der Waals surface area (Å²) in [5.41, 5.74) is 0.110. The van der Waals surface area contributed by atoms with Crippen LogP contribution in [0.15, 0.2) is 23.8 Å². The maximum atomic E-state index is 11.5. The van der Waals surface area contributed by atoms with Gasteiger partial charge >= 0.3 is 0 Å². The molecular weight excluding hydrogens is 480 g/mol. The molecule has 0 amide bonds. The minimum absolute atomic E-state index is 0.0706. The van der Waals surface area contributed by atoms with Crippen molar-refractivity contribution >= 4 is 0 Å². The number of aliphatic hydroxyl groups is 7. The summed E-state index contributed by atoms with van der Waals surface area (Å²) < 4.78 is 11.5. The van der Waals surface area contributed by atoms with Crippen LogP contribution in [0.4, 0.5) is 0 Å². The highest BCUT2D eigenvalue weighted by Crippen LogP contribution is 2.65. The van der Waals surface area contributed by atoms with Crippen molar-refractivity contribution in [3.63, 3.8) is 0 Å². The van der Waals surface area contributed by atoms with Gasteiger partial charge in [0.2, 0.25) is 0 Å². The Balaban J connectivity index is 1.87. The molecule has 7 N–H and O–H groups in total. The highest BCUT2D eigenvalue weighted by Gasteiger charge is 2.60. The van der Waals surface area contributed by atoms with E-state index in [0.29, 0.717) is 31.3 Å². The van der Waals surface area contributed by atoms with E-state index in [-0.39, 0.29) is 19.1 Å². The van der Waals surface area contributed by atoms with Gasteiger partial charge in [0, 0.05) is 5.41 Å². The van der Waals surface area contributed by atoms with Crippen LogP contribution < -0.4 is 0 Å². The molecule has 1 unspecified atom stereocenters. The summed E-state index contributed by atoms with van der Waals surface area (Å²) in [6.07, 6.45) is -2.56. The van der Waals surface area contributed by atoms with Crippen molar-refractivity contribution in [3.8, 4) is 0 Å². The Hall–Kier alpha value is -0.880. The lowest BCUT2D eigenvalue weighted by Gasteiger charge is -2.51. The van der Waals surface area contributed by atoms with Gasteiger partial charge in [-0.1, -0.05) is 40.3 Å². The van der Waals surface area contributed by atoms with E-state index < -0.39 is 65.8 Å². The number of ether oxygens (including phenoxy) is 2. The van der Waals surface area contributed by atoms with E-state index in [1.807, 2.05) is 0 Å². The average Bonchev–Trinajstić information content (AvgIpc) is 3.14. The maximum absolute atomic E-state index is 11.5. The summed E-state index contributed by atoms with van der Waals surface area (Å²) in [6.45, 7) is 12.0. The molecule has 1 saturated heterocycles. The van der Waals surface area contributed by atoms with Crippen LogP contribution in [-0.4, -0.2) is 98.5 Å². The van der Waals surface area contributed by atoms with Crippen LogP contribution in [0.25, 0.3) is 0 Å². The van der Waals surface area contributed by atoms with Crippen molar-refractivity contribution in [1.29, 1.82) is 0 Å². The third-order valence-corrected chi connectivity index (χ3v) is 9.86. The molecule has 1 saturated carbocycles. The van der Waals surface area contributed by atoms with Crippen LogP contribution in [-0.2, 0) is 9.47 Å². The summed E-state index contributed by atoms with van der Waals surface area (Å²) in [7, 11) is 0. The van der Waals surface area contributed by atoms with E-state index in [1.54, 1.807) is 6.08 Å². The van der Waals surface area contributed by atoms with Gasteiger partial charge in [-0.05, 0) is 66.4 Å². The van der Waals surface area contributed by atoms with E-state index in [4.69, 9.17) is 9.47 Å². The Labute approximate surface area is 220 Å². The molecule has 1 aliphatic heterocycles. The van der Waals surface area contributed by atoms with Crippen molar-refractivity contribution in [3.05, 3.63) is 23.8 Å². The van der Waals surface area contributed by atoms with E-state index >= 15 is 0 Å². The average molecular weight is 529 g/mol. The topological polar surface area (TPSA) is 160 Å². The van der Waals surface area contributed by atoms with Crippen LogP contribution in [0.5, 0.6) is 0 Å². The molecule has 0 spiro atoms. The molecule has 0 radical (unpaired) electrons. The zero-order valence-corrected chi connectivity index (χ0v) is 22.7. The number of hydrogen-bond acceptors (Lipinski definition) is 9. The monoisotopic (exact) mass is 528 g/mol. The number of fused-ring (bicyclic) bond motifs is 1. The molecule has 9 heteroatoms. The largest absolute Gasteiger partial charge is 0.394 e. The fourth-order valence-electron chi connectivity index (χ4n) is 6.98. The molecule has 2 aliphatic carbocycles. The van der Waals surface area contributed by atoms with Crippen LogP contribution in [0.2, 0.25) is 0 Å². The van der Waals surface area contributed by atoms with E-state index in [9.17, 15) is 35.7 Å². The Kier molecular flexibility index (Phi) is 9.69. The van der Waals surface area contributed by atoms with Crippen LogP contribution in [0.3, 0.4) is 0 Å². The van der Waals surface area contributed by atoms with Gasteiger partial charge in [0.25, 0.3) is 0 Å². The van der Waals surface area contributed by atoms with Gasteiger partial charge in [-0.2, -0.15) is 0 Å². The Morgan fingerprint density at radius 2 is 1.65 bits per heavy atom. The fraction of sp³-hybridized carbons (Fsp3) is 0.857. The smallest absolute Gasteiger partial charge is 0.186 e. The minimum atomic E-state index is -1.51. The van der Waals surface area contributed by atoms with Crippen LogP contribution in [0.1, 0.15) is 66.2 Å². The number of rotatable bonds is 6. The van der Waals surface area contributed by atoms with Crippen molar-refractivity contribution in [2.75, 3.05) is 19.8 Å². The molecule has 3 aliphatic rings. The molecule has 9 nitrogen and oxygen atoms in total. The molecule has 0 aromatic heterocycles. The third kappa shape index (κ3) is 5.85. The quantitative estimate of drug-likeness (QED) is 0.250. The van der Waals surface area contributed by atoms with E-state index in [1.165, 1.54) is 0 Å². The summed E-state index contributed by atoms with van der Waals surface area (Å²) in [4.78, 5) is 0. The number of aliphatic hydroxyl groups excluding tert-OH is 7. The SMILES string of the molecule is C=C1CC[C@@]2(C)[C@H](C(C)(C)COC3O[C@H](CO)[C@@H](O)[C@H](O)[C@H]3O)CC[C@]2(C)[C@@H](O)/C=C(\CO)CC[C@H]1O. The first-order chi connectivity index (χ1) is 17.2. The van der Waals surface area contributed by atoms with Crippen LogP contribution in [0, 0.1) is 22.2 Å². The second-order valence-electron chi connectivity index (χ2n) is 12.6. The molecule has 37 heavy (non-hydrogen) atoms. The first-order valence-electron chi connectivity index (χ1n) is 13.5. The van der Waals surface area contributed by atoms with E-state index in [0.717, 1.165) is 18.4 Å². The second kappa shape index (κ2) is 11.7. The Bertz CT molecular complexity index is 826. The minimum Gasteiger partial charge on any atom is -0.394 e. The van der Waals surface area contributed by atoms with Crippen LogP contribution >= 0.6 is 0 Å². The van der Waals surface area contributed by atoms with Gasteiger partial charge in [-0.25, -0.2) is 0 Å². The summed E-state index contributed by atoms with van der Waals surface area (Å²) in [6, 6.07) is 0. The molecule has 3 rings (SSSR count). The summed E-state index contributed by atoms with van der Waals surface area (Å²) in [5.74, 6) is 0.0706. The molecule has 214 valence electrons. The number of hydrogen-bond donors (Lipinski definition) is 7. The normalized spacial score (nSPS) is 45.6. The first kappa shape index (κ1) is 30.7. The van der Waals surface area contributed by atoms with Crippen molar-refractivity contribution in [2.45, 2.75) is 109 Å². The molecular formula is C28H48O9. The van der Waals surface area contributed by atoms with Gasteiger partial charge in [0.1, 0.15) is 24.4 Å². The lowest BCUT2D eigenvalue weighted by Crippen LogP contribution is -2.59. The van der Waals surface area contributed by atoms with Gasteiger partial charge in [0.15, 0.2) is 6.29 Å². The highest BCUT2D eigenvalue weighted by atomic mass is 16.7. The zero-order valence-electron chi connectivity index (χ0n) is 22.7. The van der Waals surface area contributed by atoms with E-state index in [2.05, 4.69) is 34.3 Å². The van der Waals surface area contributed by atoms with Crippen molar-refractivity contribution in [2.24, 2.45) is 22.2 Å². The second-order valence-corrected chi connectivity index (χ2v) is 12.6. The first-order valence-corrected chi connectivity index (χ1v) is 13.5. The lowest BCUT2D eigenvalue weighted by molar-refractivity contribution is -0.307. The predicted octanol–water partition coefficient (Wildman–Crippen LogP) is 1.02. The predicted molar refractivity (Wildman–Crippen MR) is 137 cm³/mol. The standard InChI is InChI=1S/C28H48O9/c1-16-8-10-27(4)20(9-11-28(27,5)21(32)12-17(13-29)6-7-18(16)31)26(2,3)15-36-25-24(35)23(34)22(33)19(14-30)37-25/h12,18-25,29-35H,1,6-11,13-15H2,2-5H3/b17-12-/t18-,19-,20+,21+,22-,23+,24-,25?,27+,28-/m1/s1. The zero-order chi connectivity index (χ0) is 27.8. The maximum Gasteiger partial charge on any atom is 0.186 e. The molecule has 2 fully saturated rings. The molecule has 10 atom stereocenters.